The summed E-state index contributed by atoms with van der Waals surface area (Å²) in [6.07, 6.45) is 5.23. The van der Waals surface area contributed by atoms with Crippen molar-refractivity contribution in [3.63, 3.8) is 0 Å². The molecule has 3 rings (SSSR count). The number of ketones is 1. The van der Waals surface area contributed by atoms with Gasteiger partial charge in [-0.25, -0.2) is 0 Å². The molecule has 0 saturated carbocycles. The molecule has 0 aliphatic carbocycles. The van der Waals surface area contributed by atoms with Gasteiger partial charge in [0.2, 0.25) is 5.91 Å². The van der Waals surface area contributed by atoms with Gasteiger partial charge in [0, 0.05) is 30.2 Å². The number of benzene rings is 1. The zero-order valence-electron chi connectivity index (χ0n) is 13.3. The van der Waals surface area contributed by atoms with Crippen molar-refractivity contribution in [3.05, 3.63) is 35.5 Å². The molecule has 0 atom stereocenters. The first-order valence-corrected chi connectivity index (χ1v) is 7.95. The van der Waals surface area contributed by atoms with Crippen LogP contribution in [0.2, 0.25) is 0 Å². The summed E-state index contributed by atoms with van der Waals surface area (Å²) in [6.45, 7) is 5.63. The molecule has 0 bridgehead atoms. The van der Waals surface area contributed by atoms with Crippen molar-refractivity contribution in [1.82, 2.24) is 9.47 Å². The lowest BCUT2D eigenvalue weighted by molar-refractivity contribution is -0.132. The van der Waals surface area contributed by atoms with Gasteiger partial charge in [0.25, 0.3) is 0 Å². The maximum atomic E-state index is 12.5. The zero-order chi connectivity index (χ0) is 15.7. The Kier molecular flexibility index (Phi) is 4.01. The molecule has 0 spiro atoms. The van der Waals surface area contributed by atoms with Crippen LogP contribution in [0.1, 0.15) is 42.1 Å². The molecule has 1 fully saturated rings. The molecule has 2 heterocycles. The van der Waals surface area contributed by atoms with E-state index in [4.69, 9.17) is 0 Å². The Morgan fingerprint density at radius 2 is 1.86 bits per heavy atom. The molecule has 0 N–H and O–H groups in total. The summed E-state index contributed by atoms with van der Waals surface area (Å²) >= 11 is 0. The van der Waals surface area contributed by atoms with Crippen LogP contribution in [0.3, 0.4) is 0 Å². The van der Waals surface area contributed by atoms with Crippen molar-refractivity contribution in [2.45, 2.75) is 39.7 Å². The van der Waals surface area contributed by atoms with Crippen LogP contribution in [-0.2, 0) is 11.3 Å². The number of hydrogen-bond acceptors (Lipinski definition) is 2. The molecule has 1 aromatic heterocycles. The number of hydrogen-bond donors (Lipinski definition) is 0. The lowest BCUT2D eigenvalue weighted by Crippen LogP contribution is -2.37. The van der Waals surface area contributed by atoms with Crippen LogP contribution in [0.15, 0.2) is 24.4 Å². The molecule has 1 aliphatic rings. The molecule has 0 radical (unpaired) electrons. The van der Waals surface area contributed by atoms with E-state index >= 15 is 0 Å². The number of aromatic nitrogens is 1. The molecule has 1 saturated heterocycles. The summed E-state index contributed by atoms with van der Waals surface area (Å²) in [5.74, 6) is 0.190. The average molecular weight is 298 g/mol. The molecular formula is C18H22N2O2. The third kappa shape index (κ3) is 2.65. The summed E-state index contributed by atoms with van der Waals surface area (Å²) in [6, 6.07) is 5.94. The first kappa shape index (κ1) is 14.8. The molecule has 1 aromatic carbocycles. The Bertz CT molecular complexity index is 724. The van der Waals surface area contributed by atoms with E-state index in [-0.39, 0.29) is 11.7 Å². The van der Waals surface area contributed by atoms with Gasteiger partial charge in [0.15, 0.2) is 5.78 Å². The summed E-state index contributed by atoms with van der Waals surface area (Å²) in [4.78, 5) is 26.3. The van der Waals surface area contributed by atoms with Crippen molar-refractivity contribution < 1.29 is 9.59 Å². The van der Waals surface area contributed by atoms with Crippen LogP contribution in [0, 0.1) is 6.92 Å². The molecule has 116 valence electrons. The molecule has 0 unspecified atom stereocenters. The number of para-hydroxylation sites is 1. The molecule has 4 heteroatoms. The highest BCUT2D eigenvalue weighted by Crippen LogP contribution is 2.25. The fourth-order valence-corrected chi connectivity index (χ4v) is 3.34. The SMILES string of the molecule is CC(=O)c1cn(CC(=O)N2CCCCC2)c2c(C)cccc12. The van der Waals surface area contributed by atoms with Gasteiger partial charge in [-0.3, -0.25) is 9.59 Å². The lowest BCUT2D eigenvalue weighted by Gasteiger charge is -2.27. The number of piperidine rings is 1. The third-order valence-electron chi connectivity index (χ3n) is 4.49. The van der Waals surface area contributed by atoms with E-state index in [9.17, 15) is 9.59 Å². The second-order valence-electron chi connectivity index (χ2n) is 6.14. The van der Waals surface area contributed by atoms with Gasteiger partial charge >= 0.3 is 0 Å². The van der Waals surface area contributed by atoms with Gasteiger partial charge in [0.05, 0.1) is 5.52 Å². The van der Waals surface area contributed by atoms with Gasteiger partial charge in [-0.2, -0.15) is 0 Å². The second-order valence-corrected chi connectivity index (χ2v) is 6.14. The summed E-state index contributed by atoms with van der Waals surface area (Å²) in [5.41, 5.74) is 2.79. The Labute approximate surface area is 130 Å². The smallest absolute Gasteiger partial charge is 0.242 e. The number of aryl methyl sites for hydroxylation is 1. The minimum Gasteiger partial charge on any atom is -0.341 e. The van der Waals surface area contributed by atoms with E-state index in [0.29, 0.717) is 12.1 Å². The normalized spacial score (nSPS) is 15.3. The van der Waals surface area contributed by atoms with E-state index < -0.39 is 0 Å². The predicted molar refractivity (Wildman–Crippen MR) is 87.1 cm³/mol. The van der Waals surface area contributed by atoms with Crippen LogP contribution in [0.25, 0.3) is 10.9 Å². The predicted octanol–water partition coefficient (Wildman–Crippen LogP) is 3.16. The lowest BCUT2D eigenvalue weighted by atomic mass is 10.1. The number of nitrogens with zero attached hydrogens (tertiary/aromatic N) is 2. The van der Waals surface area contributed by atoms with Gasteiger partial charge in [-0.05, 0) is 38.7 Å². The van der Waals surface area contributed by atoms with Crippen molar-refractivity contribution >= 4 is 22.6 Å². The number of carbonyl (C=O) groups is 2. The number of fused-ring (bicyclic) bond motifs is 1. The van der Waals surface area contributed by atoms with Crippen LogP contribution in [0.5, 0.6) is 0 Å². The van der Waals surface area contributed by atoms with Crippen LogP contribution >= 0.6 is 0 Å². The third-order valence-corrected chi connectivity index (χ3v) is 4.49. The molecule has 22 heavy (non-hydrogen) atoms. The fourth-order valence-electron chi connectivity index (χ4n) is 3.34. The van der Waals surface area contributed by atoms with Crippen LogP contribution < -0.4 is 0 Å². The minimum absolute atomic E-state index is 0.0415. The van der Waals surface area contributed by atoms with E-state index in [1.807, 2.05) is 40.8 Å². The molecule has 2 aromatic rings. The van der Waals surface area contributed by atoms with Crippen molar-refractivity contribution in [2.24, 2.45) is 0 Å². The topological polar surface area (TPSA) is 42.3 Å². The van der Waals surface area contributed by atoms with Gasteiger partial charge in [-0.1, -0.05) is 18.2 Å². The first-order chi connectivity index (χ1) is 10.6. The van der Waals surface area contributed by atoms with E-state index in [0.717, 1.165) is 42.4 Å². The second kappa shape index (κ2) is 5.95. The summed E-state index contributed by atoms with van der Waals surface area (Å²) in [5, 5.41) is 0.943. The van der Waals surface area contributed by atoms with Crippen LogP contribution in [-0.4, -0.2) is 34.2 Å². The van der Waals surface area contributed by atoms with Gasteiger partial charge in [0.1, 0.15) is 6.54 Å². The number of rotatable bonds is 3. The summed E-state index contributed by atoms with van der Waals surface area (Å²) < 4.78 is 1.94. The first-order valence-electron chi connectivity index (χ1n) is 7.95. The molecule has 1 amide bonds. The number of Topliss-reactive ketones (excluding diaryl/α,β-unsaturated/α-hetero) is 1. The Morgan fingerprint density at radius 1 is 1.14 bits per heavy atom. The van der Waals surface area contributed by atoms with Crippen molar-refractivity contribution in [2.75, 3.05) is 13.1 Å². The van der Waals surface area contributed by atoms with Crippen molar-refractivity contribution in [1.29, 1.82) is 0 Å². The Balaban J connectivity index is 1.96. The zero-order valence-corrected chi connectivity index (χ0v) is 13.3. The Hall–Kier alpha value is -2.10. The number of likely N-dealkylation sites (tertiary alicyclic amines) is 1. The van der Waals surface area contributed by atoms with Gasteiger partial charge < -0.3 is 9.47 Å². The maximum Gasteiger partial charge on any atom is 0.242 e. The largest absolute Gasteiger partial charge is 0.341 e. The Morgan fingerprint density at radius 3 is 2.55 bits per heavy atom. The standard InChI is InChI=1S/C18H22N2O2/c1-13-7-6-8-15-16(14(2)21)11-20(18(13)15)12-17(22)19-9-4-3-5-10-19/h6-8,11H,3-5,9-10,12H2,1-2H3. The highest BCUT2D eigenvalue weighted by atomic mass is 16.2. The fraction of sp³-hybridized carbons (Fsp3) is 0.444. The van der Waals surface area contributed by atoms with Crippen LogP contribution in [0.4, 0.5) is 0 Å². The minimum atomic E-state index is 0.0415. The maximum absolute atomic E-state index is 12.5. The highest BCUT2D eigenvalue weighted by molar-refractivity contribution is 6.07. The number of amides is 1. The van der Waals surface area contributed by atoms with Gasteiger partial charge in [-0.15, -0.1) is 0 Å². The summed E-state index contributed by atoms with van der Waals surface area (Å²) in [7, 11) is 0. The monoisotopic (exact) mass is 298 g/mol. The average Bonchev–Trinajstić information content (AvgIpc) is 2.88. The molecule has 4 nitrogen and oxygen atoms in total. The number of carbonyl (C=O) groups excluding carboxylic acids is 2. The van der Waals surface area contributed by atoms with E-state index in [1.165, 1.54) is 6.42 Å². The molecule has 1 aliphatic heterocycles. The van der Waals surface area contributed by atoms with E-state index in [2.05, 4.69) is 0 Å². The molecular weight excluding hydrogens is 276 g/mol. The van der Waals surface area contributed by atoms with Crippen molar-refractivity contribution in [3.8, 4) is 0 Å². The highest BCUT2D eigenvalue weighted by Gasteiger charge is 2.19. The quantitative estimate of drug-likeness (QED) is 0.817. The van der Waals surface area contributed by atoms with E-state index in [1.54, 1.807) is 6.92 Å².